The van der Waals surface area contributed by atoms with Crippen LogP contribution in [0.2, 0.25) is 0 Å². The zero-order valence-electron chi connectivity index (χ0n) is 16.4. The molecule has 0 bridgehead atoms. The minimum atomic E-state index is -0.0874. The molecule has 146 valence electrons. The fourth-order valence-electron chi connectivity index (χ4n) is 3.49. The number of benzene rings is 1. The minimum absolute atomic E-state index is 0.0874. The number of methoxy groups -OCH3 is 1. The van der Waals surface area contributed by atoms with Gasteiger partial charge in [-0.2, -0.15) is 0 Å². The number of ether oxygens (including phenoxy) is 1. The van der Waals surface area contributed by atoms with Crippen LogP contribution in [0.5, 0.6) is 5.75 Å². The molecule has 2 amide bonds. The molecule has 0 saturated carbocycles. The number of nitrogens with one attached hydrogen (secondary N) is 1. The summed E-state index contributed by atoms with van der Waals surface area (Å²) in [6.07, 6.45) is 5.92. The Morgan fingerprint density at radius 3 is 2.96 bits per heavy atom. The predicted octanol–water partition coefficient (Wildman–Crippen LogP) is 2.86. The molecule has 2 heterocycles. The Labute approximate surface area is 160 Å². The molecule has 1 saturated heterocycles. The van der Waals surface area contributed by atoms with Crippen molar-refractivity contribution in [3.63, 3.8) is 0 Å². The van der Waals surface area contributed by atoms with E-state index < -0.39 is 0 Å². The van der Waals surface area contributed by atoms with Crippen LogP contribution in [-0.2, 0) is 6.54 Å². The molecule has 7 heteroatoms. The van der Waals surface area contributed by atoms with Crippen LogP contribution in [0.3, 0.4) is 0 Å². The lowest BCUT2D eigenvalue weighted by atomic mass is 9.97. The smallest absolute Gasteiger partial charge is 0.321 e. The third kappa shape index (κ3) is 4.80. The van der Waals surface area contributed by atoms with Crippen molar-refractivity contribution in [3.05, 3.63) is 42.5 Å². The first kappa shape index (κ1) is 19.2. The van der Waals surface area contributed by atoms with Gasteiger partial charge in [0.05, 0.1) is 12.8 Å². The minimum Gasteiger partial charge on any atom is -0.495 e. The van der Waals surface area contributed by atoms with Gasteiger partial charge in [-0.05, 0) is 39.1 Å². The topological polar surface area (TPSA) is 62.6 Å². The zero-order valence-corrected chi connectivity index (χ0v) is 16.4. The van der Waals surface area contributed by atoms with Crippen molar-refractivity contribution in [1.82, 2.24) is 19.4 Å². The standard InChI is InChI=1S/C20H29N5O2/c1-23(2)13-14-24-12-10-21-19(24)16-7-6-11-25(15-16)20(26)22-17-8-4-5-9-18(17)27-3/h4-5,8-10,12,16H,6-7,11,13-15H2,1-3H3,(H,22,26). The molecule has 0 spiro atoms. The summed E-state index contributed by atoms with van der Waals surface area (Å²) in [6, 6.07) is 7.38. The Hall–Kier alpha value is -2.54. The number of imidazole rings is 1. The molecule has 1 aliphatic rings. The van der Waals surface area contributed by atoms with Crippen molar-refractivity contribution in [3.8, 4) is 5.75 Å². The molecular formula is C20H29N5O2. The Bertz CT molecular complexity index is 758. The second-order valence-corrected chi connectivity index (χ2v) is 7.20. The lowest BCUT2D eigenvalue weighted by molar-refractivity contribution is 0.190. The molecule has 2 aromatic rings. The van der Waals surface area contributed by atoms with E-state index in [1.54, 1.807) is 7.11 Å². The number of rotatable bonds is 6. The zero-order chi connectivity index (χ0) is 19.2. The van der Waals surface area contributed by atoms with Gasteiger partial charge < -0.3 is 24.4 Å². The highest BCUT2D eigenvalue weighted by molar-refractivity contribution is 5.91. The molecule has 27 heavy (non-hydrogen) atoms. The predicted molar refractivity (Wildman–Crippen MR) is 106 cm³/mol. The first-order valence-electron chi connectivity index (χ1n) is 9.43. The maximum absolute atomic E-state index is 12.8. The summed E-state index contributed by atoms with van der Waals surface area (Å²) in [5.41, 5.74) is 0.694. The van der Waals surface area contributed by atoms with E-state index in [0.717, 1.165) is 38.3 Å². The van der Waals surface area contributed by atoms with E-state index in [2.05, 4.69) is 33.9 Å². The number of carbonyl (C=O) groups excluding carboxylic acids is 1. The van der Waals surface area contributed by atoms with Crippen LogP contribution in [0, 0.1) is 0 Å². The molecule has 7 nitrogen and oxygen atoms in total. The van der Waals surface area contributed by atoms with Gasteiger partial charge in [0.1, 0.15) is 11.6 Å². The fraction of sp³-hybridized carbons (Fsp3) is 0.500. The lowest BCUT2D eigenvalue weighted by Gasteiger charge is -2.33. The second-order valence-electron chi connectivity index (χ2n) is 7.20. The lowest BCUT2D eigenvalue weighted by Crippen LogP contribution is -2.42. The number of anilines is 1. The van der Waals surface area contributed by atoms with Gasteiger partial charge in [0.2, 0.25) is 0 Å². The Kier molecular flexibility index (Phi) is 6.34. The van der Waals surface area contributed by atoms with Gasteiger partial charge in [-0.3, -0.25) is 0 Å². The number of amides is 2. The number of nitrogens with zero attached hydrogens (tertiary/aromatic N) is 4. The van der Waals surface area contributed by atoms with Crippen LogP contribution < -0.4 is 10.1 Å². The molecule has 1 aromatic heterocycles. The van der Waals surface area contributed by atoms with Gasteiger partial charge in [-0.25, -0.2) is 9.78 Å². The average Bonchev–Trinajstić information content (AvgIpc) is 3.15. The van der Waals surface area contributed by atoms with Crippen LogP contribution in [0.1, 0.15) is 24.6 Å². The number of aromatic nitrogens is 2. The van der Waals surface area contributed by atoms with Crippen LogP contribution >= 0.6 is 0 Å². The second kappa shape index (κ2) is 8.90. The Morgan fingerprint density at radius 1 is 1.37 bits per heavy atom. The highest BCUT2D eigenvalue weighted by Crippen LogP contribution is 2.28. The van der Waals surface area contributed by atoms with Crippen LogP contribution in [0.25, 0.3) is 0 Å². The summed E-state index contributed by atoms with van der Waals surface area (Å²) < 4.78 is 7.54. The van der Waals surface area contributed by atoms with Crippen molar-refractivity contribution in [2.75, 3.05) is 46.2 Å². The molecule has 0 radical (unpaired) electrons. The van der Waals surface area contributed by atoms with Crippen LogP contribution in [-0.4, -0.2) is 66.2 Å². The molecule has 3 rings (SSSR count). The summed E-state index contributed by atoms with van der Waals surface area (Å²) >= 11 is 0. The molecule has 1 unspecified atom stereocenters. The number of carbonyl (C=O) groups is 1. The van der Waals surface area contributed by atoms with E-state index in [4.69, 9.17) is 4.74 Å². The summed E-state index contributed by atoms with van der Waals surface area (Å²) in [5, 5.41) is 2.98. The normalized spacial score (nSPS) is 17.2. The molecule has 1 N–H and O–H groups in total. The van der Waals surface area contributed by atoms with Gasteiger partial charge in [-0.15, -0.1) is 0 Å². The summed E-state index contributed by atoms with van der Waals surface area (Å²) in [7, 11) is 5.75. The summed E-state index contributed by atoms with van der Waals surface area (Å²) in [6.45, 7) is 3.32. The van der Waals surface area contributed by atoms with Crippen molar-refractivity contribution >= 4 is 11.7 Å². The molecule has 1 aromatic carbocycles. The van der Waals surface area contributed by atoms with E-state index in [9.17, 15) is 4.79 Å². The number of para-hydroxylation sites is 2. The summed E-state index contributed by atoms with van der Waals surface area (Å²) in [5.74, 6) is 2.00. The van der Waals surface area contributed by atoms with Gasteiger partial charge in [0.25, 0.3) is 0 Å². The van der Waals surface area contributed by atoms with Gasteiger partial charge in [-0.1, -0.05) is 12.1 Å². The monoisotopic (exact) mass is 371 g/mol. The van der Waals surface area contributed by atoms with Crippen molar-refractivity contribution < 1.29 is 9.53 Å². The number of likely N-dealkylation sites (N-methyl/N-ethyl adjacent to an activating group) is 1. The molecule has 1 fully saturated rings. The number of hydrogen-bond donors (Lipinski definition) is 1. The average molecular weight is 371 g/mol. The third-order valence-electron chi connectivity index (χ3n) is 4.96. The Morgan fingerprint density at radius 2 is 2.19 bits per heavy atom. The highest BCUT2D eigenvalue weighted by Gasteiger charge is 2.27. The van der Waals surface area contributed by atoms with E-state index in [1.807, 2.05) is 41.6 Å². The summed E-state index contributed by atoms with van der Waals surface area (Å²) in [4.78, 5) is 21.4. The van der Waals surface area contributed by atoms with E-state index >= 15 is 0 Å². The van der Waals surface area contributed by atoms with Crippen molar-refractivity contribution in [1.29, 1.82) is 0 Å². The maximum atomic E-state index is 12.8. The van der Waals surface area contributed by atoms with Crippen LogP contribution in [0.15, 0.2) is 36.7 Å². The van der Waals surface area contributed by atoms with Gasteiger partial charge >= 0.3 is 6.03 Å². The van der Waals surface area contributed by atoms with Crippen molar-refractivity contribution in [2.45, 2.75) is 25.3 Å². The fourth-order valence-corrected chi connectivity index (χ4v) is 3.49. The number of hydrogen-bond acceptors (Lipinski definition) is 4. The van der Waals surface area contributed by atoms with Crippen LogP contribution in [0.4, 0.5) is 10.5 Å². The molecular weight excluding hydrogens is 342 g/mol. The number of piperidine rings is 1. The largest absolute Gasteiger partial charge is 0.495 e. The first-order valence-corrected chi connectivity index (χ1v) is 9.43. The highest BCUT2D eigenvalue weighted by atomic mass is 16.5. The van der Waals surface area contributed by atoms with E-state index in [-0.39, 0.29) is 11.9 Å². The number of urea groups is 1. The van der Waals surface area contributed by atoms with E-state index in [1.165, 1.54) is 0 Å². The van der Waals surface area contributed by atoms with Gasteiger partial charge in [0, 0.05) is 44.5 Å². The van der Waals surface area contributed by atoms with Gasteiger partial charge in [0.15, 0.2) is 0 Å². The quantitative estimate of drug-likeness (QED) is 0.848. The molecule has 1 atom stereocenters. The first-order chi connectivity index (χ1) is 13.1. The third-order valence-corrected chi connectivity index (χ3v) is 4.96. The SMILES string of the molecule is COc1ccccc1NC(=O)N1CCCC(c2nccn2CCN(C)C)C1. The molecule has 0 aliphatic carbocycles. The Balaban J connectivity index is 1.66. The number of likely N-dealkylation sites (tertiary alicyclic amines) is 1. The maximum Gasteiger partial charge on any atom is 0.321 e. The molecule has 1 aliphatic heterocycles. The van der Waals surface area contributed by atoms with Crippen molar-refractivity contribution in [2.24, 2.45) is 0 Å². The van der Waals surface area contributed by atoms with E-state index in [0.29, 0.717) is 18.0 Å².